The van der Waals surface area contributed by atoms with Gasteiger partial charge < -0.3 is 9.72 Å². The lowest BCUT2D eigenvalue weighted by atomic mass is 10.1. The minimum Gasteiger partial charge on any atom is -0.494 e. The number of ether oxygens (including phenoxy) is 1. The lowest BCUT2D eigenvalue weighted by Gasteiger charge is -2.22. The van der Waals surface area contributed by atoms with Gasteiger partial charge in [-0.25, -0.2) is 12.8 Å². The molecule has 1 heterocycles. The van der Waals surface area contributed by atoms with Crippen LogP contribution in [0, 0.1) is 5.82 Å². The monoisotopic (exact) mass is 480 g/mol. The Balaban J connectivity index is 1.72. The maximum Gasteiger partial charge on any atom is 0.252 e. The molecule has 1 aromatic heterocycles. The number of benzene rings is 3. The first-order valence-electron chi connectivity index (χ1n) is 11.0. The van der Waals surface area contributed by atoms with E-state index >= 15 is 0 Å². The first-order valence-corrected chi connectivity index (χ1v) is 12.4. The molecule has 0 fully saturated rings. The van der Waals surface area contributed by atoms with Crippen LogP contribution in [-0.4, -0.2) is 30.9 Å². The van der Waals surface area contributed by atoms with Gasteiger partial charge in [0.05, 0.1) is 6.61 Å². The molecule has 34 heavy (non-hydrogen) atoms. The third-order valence-electron chi connectivity index (χ3n) is 5.50. The van der Waals surface area contributed by atoms with Gasteiger partial charge in [0.2, 0.25) is 10.0 Å². The average Bonchev–Trinajstić information content (AvgIpc) is 2.83. The minimum atomic E-state index is -4.21. The molecule has 1 N–H and O–H groups in total. The molecule has 0 atom stereocenters. The molecule has 0 spiro atoms. The number of nitrogens with one attached hydrogen (secondary N) is 1. The fraction of sp³-hybridized carbons (Fsp3) is 0.192. The van der Waals surface area contributed by atoms with Crippen molar-refractivity contribution in [3.63, 3.8) is 0 Å². The summed E-state index contributed by atoms with van der Waals surface area (Å²) in [5.41, 5.74) is 1.41. The van der Waals surface area contributed by atoms with Crippen molar-refractivity contribution in [2.24, 2.45) is 0 Å². The Kier molecular flexibility index (Phi) is 7.09. The number of hydrogen-bond acceptors (Lipinski definition) is 4. The van der Waals surface area contributed by atoms with Gasteiger partial charge >= 0.3 is 0 Å². The molecule has 0 amide bonds. The minimum absolute atomic E-state index is 0.0805. The maximum atomic E-state index is 14.5. The van der Waals surface area contributed by atoms with Crippen molar-refractivity contribution in [1.82, 2.24) is 9.29 Å². The molecule has 176 valence electrons. The van der Waals surface area contributed by atoms with Gasteiger partial charge in [-0.3, -0.25) is 4.79 Å². The van der Waals surface area contributed by atoms with Crippen LogP contribution in [0.5, 0.6) is 5.75 Å². The smallest absolute Gasteiger partial charge is 0.252 e. The summed E-state index contributed by atoms with van der Waals surface area (Å²) in [6, 6.07) is 21.6. The fourth-order valence-electron chi connectivity index (χ4n) is 3.77. The first-order chi connectivity index (χ1) is 16.4. The number of hydrogen-bond donors (Lipinski definition) is 1. The zero-order chi connectivity index (χ0) is 24.1. The van der Waals surface area contributed by atoms with Gasteiger partial charge in [-0.1, -0.05) is 42.5 Å². The Morgan fingerprint density at radius 2 is 1.71 bits per heavy atom. The van der Waals surface area contributed by atoms with Crippen LogP contribution in [0.2, 0.25) is 0 Å². The molecule has 0 saturated carbocycles. The van der Waals surface area contributed by atoms with E-state index in [4.69, 9.17) is 4.74 Å². The molecule has 0 saturated heterocycles. The van der Waals surface area contributed by atoms with Crippen molar-refractivity contribution < 1.29 is 17.5 Å². The van der Waals surface area contributed by atoms with Crippen molar-refractivity contribution >= 4 is 20.9 Å². The number of halogens is 1. The highest BCUT2D eigenvalue weighted by Gasteiger charge is 2.28. The van der Waals surface area contributed by atoms with E-state index < -0.39 is 26.3 Å². The molecular weight excluding hydrogens is 455 g/mol. The number of aromatic nitrogens is 1. The molecule has 4 rings (SSSR count). The second-order valence-electron chi connectivity index (χ2n) is 7.81. The maximum absolute atomic E-state index is 14.5. The van der Waals surface area contributed by atoms with Crippen LogP contribution in [-0.2, 0) is 23.0 Å². The van der Waals surface area contributed by atoms with Crippen LogP contribution in [0.25, 0.3) is 10.9 Å². The van der Waals surface area contributed by atoms with Crippen molar-refractivity contribution in [1.29, 1.82) is 0 Å². The Bertz CT molecular complexity index is 1450. The van der Waals surface area contributed by atoms with E-state index in [9.17, 15) is 17.6 Å². The Hall–Kier alpha value is -3.49. The molecule has 0 bridgehead atoms. The molecule has 8 heteroatoms. The van der Waals surface area contributed by atoms with E-state index in [1.54, 1.807) is 24.3 Å². The predicted molar refractivity (Wildman–Crippen MR) is 130 cm³/mol. The van der Waals surface area contributed by atoms with Crippen LogP contribution in [0.3, 0.4) is 0 Å². The average molecular weight is 481 g/mol. The normalized spacial score (nSPS) is 11.7. The third-order valence-corrected chi connectivity index (χ3v) is 7.38. The second kappa shape index (κ2) is 10.2. The first kappa shape index (κ1) is 23.7. The Morgan fingerprint density at radius 1 is 0.971 bits per heavy atom. The number of pyridine rings is 1. The molecule has 4 aromatic rings. The molecular formula is C26H25FN2O4S. The summed E-state index contributed by atoms with van der Waals surface area (Å²) in [6.07, 6.45) is 0.411. The van der Waals surface area contributed by atoms with E-state index in [0.29, 0.717) is 29.7 Å². The van der Waals surface area contributed by atoms with Gasteiger partial charge in [0.25, 0.3) is 5.56 Å². The zero-order valence-corrected chi connectivity index (χ0v) is 19.5. The highest BCUT2D eigenvalue weighted by Crippen LogP contribution is 2.23. The van der Waals surface area contributed by atoms with Gasteiger partial charge in [-0.15, -0.1) is 0 Å². The quantitative estimate of drug-likeness (QED) is 0.383. The highest BCUT2D eigenvalue weighted by atomic mass is 32.2. The van der Waals surface area contributed by atoms with Crippen molar-refractivity contribution in [2.75, 3.05) is 13.2 Å². The van der Waals surface area contributed by atoms with E-state index in [0.717, 1.165) is 15.9 Å². The molecule has 0 aliphatic heterocycles. The number of fused-ring (bicyclic) bond motifs is 1. The van der Waals surface area contributed by atoms with Gasteiger partial charge in [0, 0.05) is 29.6 Å². The third kappa shape index (κ3) is 5.18. The number of nitrogens with zero attached hydrogens (tertiary/aromatic N) is 1. The lowest BCUT2D eigenvalue weighted by Crippen LogP contribution is -2.35. The SMILES string of the molecule is CCOc1ccc2[nH]c(=O)c(CN(CCc3ccccc3)S(=O)(=O)c3ccccc3F)cc2c1. The molecule has 6 nitrogen and oxygen atoms in total. The van der Waals surface area contributed by atoms with E-state index in [-0.39, 0.29) is 18.7 Å². The van der Waals surface area contributed by atoms with Crippen LogP contribution in [0.15, 0.2) is 88.6 Å². The fourth-order valence-corrected chi connectivity index (χ4v) is 5.25. The number of H-pyrrole nitrogens is 1. The van der Waals surface area contributed by atoms with Crippen LogP contribution in [0.4, 0.5) is 4.39 Å². The van der Waals surface area contributed by atoms with E-state index in [1.807, 2.05) is 37.3 Å². The standard InChI is InChI=1S/C26H25FN2O4S/c1-2-33-22-12-13-24-20(17-22)16-21(26(30)28-24)18-29(15-14-19-8-4-3-5-9-19)34(31,32)25-11-7-6-10-23(25)27/h3-13,16-17H,2,14-15,18H2,1H3,(H,28,30). The van der Waals surface area contributed by atoms with Crippen molar-refractivity contribution in [3.05, 3.63) is 106 Å². The van der Waals surface area contributed by atoms with Gasteiger partial charge in [0.1, 0.15) is 16.5 Å². The van der Waals surface area contributed by atoms with Gasteiger partial charge in [-0.05, 0) is 55.3 Å². The number of sulfonamides is 1. The molecule has 3 aromatic carbocycles. The largest absolute Gasteiger partial charge is 0.494 e. The lowest BCUT2D eigenvalue weighted by molar-refractivity contribution is 0.340. The summed E-state index contributed by atoms with van der Waals surface area (Å²) in [6.45, 7) is 2.25. The summed E-state index contributed by atoms with van der Waals surface area (Å²) in [5, 5.41) is 0.715. The van der Waals surface area contributed by atoms with E-state index in [1.165, 1.54) is 18.2 Å². The zero-order valence-electron chi connectivity index (χ0n) is 18.7. The van der Waals surface area contributed by atoms with Crippen molar-refractivity contribution in [2.45, 2.75) is 24.8 Å². The molecule has 0 radical (unpaired) electrons. The Morgan fingerprint density at radius 3 is 2.44 bits per heavy atom. The van der Waals surface area contributed by atoms with Crippen LogP contribution in [0.1, 0.15) is 18.1 Å². The highest BCUT2D eigenvalue weighted by molar-refractivity contribution is 7.89. The van der Waals surface area contributed by atoms with E-state index in [2.05, 4.69) is 4.98 Å². The molecule has 0 aliphatic carbocycles. The summed E-state index contributed by atoms with van der Waals surface area (Å²) >= 11 is 0. The summed E-state index contributed by atoms with van der Waals surface area (Å²) < 4.78 is 48.0. The van der Waals surface area contributed by atoms with Crippen LogP contribution < -0.4 is 10.3 Å². The Labute approximate surface area is 197 Å². The van der Waals surface area contributed by atoms with Crippen molar-refractivity contribution in [3.8, 4) is 5.75 Å². The predicted octanol–water partition coefficient (Wildman–Crippen LogP) is 4.50. The summed E-state index contributed by atoms with van der Waals surface area (Å²) in [4.78, 5) is 15.2. The van der Waals surface area contributed by atoms with Gasteiger partial charge in [0.15, 0.2) is 0 Å². The molecule has 0 unspecified atom stereocenters. The number of aromatic amines is 1. The topological polar surface area (TPSA) is 79.5 Å². The van der Waals surface area contributed by atoms with Gasteiger partial charge in [-0.2, -0.15) is 4.31 Å². The van der Waals surface area contributed by atoms with Crippen LogP contribution >= 0.6 is 0 Å². The number of rotatable bonds is 9. The summed E-state index contributed by atoms with van der Waals surface area (Å²) in [5.74, 6) is -0.186. The second-order valence-corrected chi connectivity index (χ2v) is 9.72. The molecule has 0 aliphatic rings. The summed E-state index contributed by atoms with van der Waals surface area (Å²) in [7, 11) is -4.21.